The molecule has 2 aromatic carbocycles. The summed E-state index contributed by atoms with van der Waals surface area (Å²) in [7, 11) is 0. The molecule has 0 saturated heterocycles. The zero-order chi connectivity index (χ0) is 16.2. The van der Waals surface area contributed by atoms with Crippen molar-refractivity contribution >= 4 is 22.8 Å². The van der Waals surface area contributed by atoms with Crippen LogP contribution in [0.2, 0.25) is 0 Å². The van der Waals surface area contributed by atoms with Gasteiger partial charge in [-0.15, -0.1) is 0 Å². The molecule has 4 nitrogen and oxygen atoms in total. The van der Waals surface area contributed by atoms with Gasteiger partial charge in [-0.2, -0.15) is 20.4 Å². The monoisotopic (exact) mass is 314 g/mol. The third-order valence-electron chi connectivity index (χ3n) is 4.20. The summed E-state index contributed by atoms with van der Waals surface area (Å²) in [4.78, 5) is 0. The molecule has 0 amide bonds. The van der Waals surface area contributed by atoms with E-state index in [9.17, 15) is 0 Å². The minimum atomic E-state index is 0.780. The van der Waals surface area contributed by atoms with E-state index in [0.29, 0.717) is 0 Å². The van der Waals surface area contributed by atoms with Gasteiger partial charge in [-0.3, -0.25) is 0 Å². The Morgan fingerprint density at radius 2 is 0.958 bits per heavy atom. The first-order chi connectivity index (χ1) is 11.9. The van der Waals surface area contributed by atoms with Gasteiger partial charge in [0.1, 0.15) is 0 Å². The summed E-state index contributed by atoms with van der Waals surface area (Å²) in [6.45, 7) is 0. The van der Waals surface area contributed by atoms with Crippen LogP contribution < -0.4 is 0 Å². The lowest BCUT2D eigenvalue weighted by Crippen LogP contribution is -2.17. The maximum atomic E-state index is 4.34. The maximum Gasteiger partial charge on any atom is 0.0924 e. The second kappa shape index (κ2) is 6.71. The standard InChI is InChI=1S/C20H18N4/c1-3-7-15(8-4-1)11-17-13-19(23-21-17)20-14-18(22-24-20)12-16-9-5-2-6-10-16/h1-10H,11-14H2. The normalized spacial score (nSPS) is 16.5. The first-order valence-corrected chi connectivity index (χ1v) is 8.19. The molecule has 0 radical (unpaired) electrons. The van der Waals surface area contributed by atoms with Crippen LogP contribution in [0.3, 0.4) is 0 Å². The Morgan fingerprint density at radius 3 is 1.38 bits per heavy atom. The maximum absolute atomic E-state index is 4.34. The summed E-state index contributed by atoms with van der Waals surface area (Å²) >= 11 is 0. The fourth-order valence-electron chi connectivity index (χ4n) is 2.97. The van der Waals surface area contributed by atoms with Crippen molar-refractivity contribution in [1.82, 2.24) is 0 Å². The van der Waals surface area contributed by atoms with Gasteiger partial charge in [0.2, 0.25) is 0 Å². The molecule has 0 aliphatic carbocycles. The number of nitrogens with zero attached hydrogens (tertiary/aromatic N) is 4. The molecular formula is C20H18N4. The predicted molar refractivity (Wildman–Crippen MR) is 99.3 cm³/mol. The van der Waals surface area contributed by atoms with E-state index in [0.717, 1.165) is 48.5 Å². The predicted octanol–water partition coefficient (Wildman–Crippen LogP) is 3.87. The highest BCUT2D eigenvalue weighted by Gasteiger charge is 2.22. The first kappa shape index (κ1) is 14.7. The Hall–Kier alpha value is -2.88. The van der Waals surface area contributed by atoms with Gasteiger partial charge in [-0.25, -0.2) is 0 Å². The molecule has 2 aliphatic rings. The molecule has 0 bridgehead atoms. The molecule has 0 saturated carbocycles. The smallest absolute Gasteiger partial charge is 0.0924 e. The van der Waals surface area contributed by atoms with E-state index >= 15 is 0 Å². The molecule has 0 N–H and O–H groups in total. The molecular weight excluding hydrogens is 296 g/mol. The molecule has 2 heterocycles. The van der Waals surface area contributed by atoms with Crippen LogP contribution in [0.25, 0.3) is 0 Å². The Morgan fingerprint density at radius 1 is 0.542 bits per heavy atom. The molecule has 0 spiro atoms. The van der Waals surface area contributed by atoms with Crippen LogP contribution in [0.15, 0.2) is 81.1 Å². The lowest BCUT2D eigenvalue weighted by Gasteiger charge is -2.03. The van der Waals surface area contributed by atoms with Gasteiger partial charge in [0.15, 0.2) is 0 Å². The van der Waals surface area contributed by atoms with Crippen molar-refractivity contribution in [3.8, 4) is 0 Å². The van der Waals surface area contributed by atoms with E-state index in [1.807, 2.05) is 12.1 Å². The summed E-state index contributed by atoms with van der Waals surface area (Å²) in [5.41, 5.74) is 6.65. The number of hydrogen-bond acceptors (Lipinski definition) is 4. The molecule has 4 rings (SSSR count). The third-order valence-corrected chi connectivity index (χ3v) is 4.20. The first-order valence-electron chi connectivity index (χ1n) is 8.19. The van der Waals surface area contributed by atoms with Gasteiger partial charge in [0, 0.05) is 25.7 Å². The second-order valence-electron chi connectivity index (χ2n) is 6.10. The minimum absolute atomic E-state index is 0.780. The van der Waals surface area contributed by atoms with Crippen LogP contribution in [0, 0.1) is 0 Å². The van der Waals surface area contributed by atoms with Gasteiger partial charge < -0.3 is 0 Å². The lowest BCUT2D eigenvalue weighted by molar-refractivity contribution is 1.21. The van der Waals surface area contributed by atoms with E-state index in [1.54, 1.807) is 0 Å². The van der Waals surface area contributed by atoms with E-state index in [4.69, 9.17) is 0 Å². The zero-order valence-electron chi connectivity index (χ0n) is 13.4. The van der Waals surface area contributed by atoms with Crippen LogP contribution in [0.5, 0.6) is 0 Å². The van der Waals surface area contributed by atoms with E-state index in [2.05, 4.69) is 68.9 Å². The van der Waals surface area contributed by atoms with Gasteiger partial charge >= 0.3 is 0 Å². The number of hydrogen-bond donors (Lipinski definition) is 0. The quantitative estimate of drug-likeness (QED) is 0.804. The van der Waals surface area contributed by atoms with Gasteiger partial charge in [0.25, 0.3) is 0 Å². The fraction of sp³-hybridized carbons (Fsp3) is 0.200. The van der Waals surface area contributed by atoms with Crippen LogP contribution >= 0.6 is 0 Å². The molecule has 4 heteroatoms. The zero-order valence-corrected chi connectivity index (χ0v) is 13.4. The minimum Gasteiger partial charge on any atom is -0.159 e. The lowest BCUT2D eigenvalue weighted by atomic mass is 9.99. The number of rotatable bonds is 5. The molecule has 0 atom stereocenters. The Bertz CT molecular complexity index is 772. The summed E-state index contributed by atoms with van der Waals surface area (Å²) in [6, 6.07) is 20.7. The summed E-state index contributed by atoms with van der Waals surface area (Å²) in [5.74, 6) is 0. The Labute approximate surface area is 141 Å². The van der Waals surface area contributed by atoms with Crippen LogP contribution in [-0.2, 0) is 12.8 Å². The summed E-state index contributed by atoms with van der Waals surface area (Å²) < 4.78 is 0. The fourth-order valence-corrected chi connectivity index (χ4v) is 2.97. The largest absolute Gasteiger partial charge is 0.159 e. The van der Waals surface area contributed by atoms with Gasteiger partial charge in [-0.1, -0.05) is 60.7 Å². The highest BCUT2D eigenvalue weighted by Crippen LogP contribution is 2.16. The van der Waals surface area contributed by atoms with E-state index in [-0.39, 0.29) is 0 Å². The molecule has 118 valence electrons. The molecule has 2 aliphatic heterocycles. The van der Waals surface area contributed by atoms with Crippen molar-refractivity contribution in [3.63, 3.8) is 0 Å². The molecule has 0 fully saturated rings. The van der Waals surface area contributed by atoms with Crippen molar-refractivity contribution < 1.29 is 0 Å². The molecule has 24 heavy (non-hydrogen) atoms. The summed E-state index contributed by atoms with van der Waals surface area (Å²) in [5, 5.41) is 17.4. The van der Waals surface area contributed by atoms with Gasteiger partial charge in [-0.05, 0) is 11.1 Å². The third kappa shape index (κ3) is 3.38. The van der Waals surface area contributed by atoms with Crippen molar-refractivity contribution in [2.75, 3.05) is 0 Å². The van der Waals surface area contributed by atoms with Crippen molar-refractivity contribution in [3.05, 3.63) is 71.8 Å². The highest BCUT2D eigenvalue weighted by atomic mass is 15.3. The highest BCUT2D eigenvalue weighted by molar-refractivity contribution is 6.49. The average Bonchev–Trinajstić information content (AvgIpc) is 3.26. The van der Waals surface area contributed by atoms with Crippen LogP contribution in [-0.4, -0.2) is 22.8 Å². The Kier molecular flexibility index (Phi) is 4.11. The van der Waals surface area contributed by atoms with E-state index in [1.165, 1.54) is 11.1 Å². The molecule has 0 aromatic heterocycles. The molecule has 2 aromatic rings. The summed E-state index contributed by atoms with van der Waals surface area (Å²) in [6.07, 6.45) is 3.25. The van der Waals surface area contributed by atoms with E-state index < -0.39 is 0 Å². The molecule has 0 unspecified atom stereocenters. The second-order valence-corrected chi connectivity index (χ2v) is 6.10. The van der Waals surface area contributed by atoms with Crippen molar-refractivity contribution in [1.29, 1.82) is 0 Å². The SMILES string of the molecule is c1ccc(CC2=NN=C(C3=NN=C(Cc4ccccc4)C3)C2)cc1. The topological polar surface area (TPSA) is 49.4 Å². The van der Waals surface area contributed by atoms with Crippen molar-refractivity contribution in [2.45, 2.75) is 25.7 Å². The van der Waals surface area contributed by atoms with Gasteiger partial charge in [0.05, 0.1) is 22.8 Å². The van der Waals surface area contributed by atoms with Crippen LogP contribution in [0.1, 0.15) is 24.0 Å². The van der Waals surface area contributed by atoms with Crippen molar-refractivity contribution in [2.24, 2.45) is 20.4 Å². The number of benzene rings is 2. The Balaban J connectivity index is 1.32. The average molecular weight is 314 g/mol. The van der Waals surface area contributed by atoms with Crippen LogP contribution in [0.4, 0.5) is 0 Å².